The highest BCUT2D eigenvalue weighted by Crippen LogP contribution is 2.36. The summed E-state index contributed by atoms with van der Waals surface area (Å²) < 4.78 is 0. The van der Waals surface area contributed by atoms with Crippen LogP contribution in [0, 0.1) is 4.91 Å². The zero-order chi connectivity index (χ0) is 10.0. The summed E-state index contributed by atoms with van der Waals surface area (Å²) in [4.78, 5) is 23.5. The summed E-state index contributed by atoms with van der Waals surface area (Å²) in [6, 6.07) is 0. The molecule has 4 N–H and O–H groups in total. The van der Waals surface area contributed by atoms with Crippen molar-refractivity contribution >= 4 is 23.5 Å². The van der Waals surface area contributed by atoms with E-state index in [0.29, 0.717) is 0 Å². The van der Waals surface area contributed by atoms with Crippen LogP contribution in [0.4, 0.5) is 5.82 Å². The molecule has 0 aromatic carbocycles. The molecule has 70 valence electrons. The number of H-pyrrole nitrogens is 1. The molecule has 0 aliphatic carbocycles. The lowest BCUT2D eigenvalue weighted by molar-refractivity contribution is 0.0995. The number of primary amides is 1. The van der Waals surface area contributed by atoms with E-state index in [0.717, 1.165) is 11.8 Å². The first kappa shape index (κ1) is 9.59. The zero-order valence-electron chi connectivity index (χ0n) is 6.70. The van der Waals surface area contributed by atoms with Gasteiger partial charge in [0.1, 0.15) is 5.56 Å². The van der Waals surface area contributed by atoms with Gasteiger partial charge >= 0.3 is 0 Å². The fourth-order valence-electron chi connectivity index (χ4n) is 0.949. The van der Waals surface area contributed by atoms with E-state index in [2.05, 4.69) is 10.2 Å². The Hall–Kier alpha value is -1.50. The van der Waals surface area contributed by atoms with E-state index in [1.807, 2.05) is 0 Å². The highest BCUT2D eigenvalue weighted by atomic mass is 32.2. The molecule has 0 unspecified atom stereocenters. The monoisotopic (exact) mass is 201 g/mol. The van der Waals surface area contributed by atoms with Gasteiger partial charge in [-0.25, -0.2) is 0 Å². The van der Waals surface area contributed by atoms with Crippen LogP contribution in [0.15, 0.2) is 10.1 Å². The third-order valence-corrected chi connectivity index (χ3v) is 2.26. The van der Waals surface area contributed by atoms with Gasteiger partial charge in [0.05, 0.1) is 4.90 Å². The standard InChI is InChI=1S/C6H7N3O3S/c1-13-3-2(4(7)10)6(11)8-5(3)9-12/h8,11H,1H3,(H2,7,10). The van der Waals surface area contributed by atoms with Crippen molar-refractivity contribution in [3.05, 3.63) is 10.5 Å². The minimum atomic E-state index is -0.798. The molecule has 7 heteroatoms. The first-order valence-corrected chi connectivity index (χ1v) is 4.46. The van der Waals surface area contributed by atoms with Gasteiger partial charge in [-0.3, -0.25) is 4.79 Å². The Bertz CT molecular complexity index is 360. The number of nitrogens with zero attached hydrogens (tertiary/aromatic N) is 1. The number of aromatic hydroxyl groups is 1. The van der Waals surface area contributed by atoms with Gasteiger partial charge < -0.3 is 15.8 Å². The van der Waals surface area contributed by atoms with Gasteiger partial charge in [0.25, 0.3) is 5.91 Å². The van der Waals surface area contributed by atoms with Crippen LogP contribution in [-0.4, -0.2) is 22.3 Å². The van der Waals surface area contributed by atoms with Gasteiger partial charge in [0, 0.05) is 0 Å². The number of carbonyl (C=O) groups is 1. The predicted molar refractivity (Wildman–Crippen MR) is 48.2 cm³/mol. The highest BCUT2D eigenvalue weighted by molar-refractivity contribution is 7.98. The molecule has 0 saturated heterocycles. The van der Waals surface area contributed by atoms with Gasteiger partial charge in [0.2, 0.25) is 5.88 Å². The summed E-state index contributed by atoms with van der Waals surface area (Å²) in [5, 5.41) is 11.8. The number of amides is 1. The molecule has 1 aromatic rings. The Morgan fingerprint density at radius 2 is 2.31 bits per heavy atom. The van der Waals surface area contributed by atoms with E-state index in [1.54, 1.807) is 6.26 Å². The van der Waals surface area contributed by atoms with E-state index in [-0.39, 0.29) is 16.3 Å². The molecule has 0 radical (unpaired) electrons. The Labute approximate surface area is 77.5 Å². The number of carbonyl (C=O) groups excluding carboxylic acids is 1. The lowest BCUT2D eigenvalue weighted by atomic mass is 10.3. The third kappa shape index (κ3) is 1.50. The average Bonchev–Trinajstić information content (AvgIpc) is 2.41. The number of thioether (sulfide) groups is 1. The van der Waals surface area contributed by atoms with Crippen molar-refractivity contribution < 1.29 is 9.90 Å². The molecular weight excluding hydrogens is 194 g/mol. The molecule has 13 heavy (non-hydrogen) atoms. The summed E-state index contributed by atoms with van der Waals surface area (Å²) in [5.74, 6) is -1.31. The maximum Gasteiger partial charge on any atom is 0.255 e. The first-order chi connectivity index (χ1) is 6.11. The van der Waals surface area contributed by atoms with Gasteiger partial charge in [-0.2, -0.15) is 0 Å². The summed E-state index contributed by atoms with van der Waals surface area (Å²) in [6.07, 6.45) is 1.64. The SMILES string of the molecule is CSc1c(N=O)[nH]c(O)c1C(N)=O. The highest BCUT2D eigenvalue weighted by Gasteiger charge is 2.21. The number of nitroso groups, excluding NO2 is 1. The molecule has 0 bridgehead atoms. The number of aromatic nitrogens is 1. The summed E-state index contributed by atoms with van der Waals surface area (Å²) in [6.45, 7) is 0. The van der Waals surface area contributed by atoms with Crippen molar-refractivity contribution in [2.45, 2.75) is 4.90 Å². The van der Waals surface area contributed by atoms with Crippen molar-refractivity contribution in [1.82, 2.24) is 4.98 Å². The minimum absolute atomic E-state index is 0.0844. The Kier molecular flexibility index (Phi) is 2.57. The van der Waals surface area contributed by atoms with Crippen LogP contribution in [0.5, 0.6) is 5.88 Å². The Balaban J connectivity index is 3.39. The van der Waals surface area contributed by atoms with Crippen molar-refractivity contribution in [3.63, 3.8) is 0 Å². The molecular formula is C6H7N3O3S. The van der Waals surface area contributed by atoms with Crippen LogP contribution < -0.4 is 5.73 Å². The number of hydrogen-bond donors (Lipinski definition) is 3. The molecule has 0 aliphatic rings. The second-order valence-corrected chi connectivity index (χ2v) is 3.00. The number of aromatic amines is 1. The van der Waals surface area contributed by atoms with Crippen molar-refractivity contribution in [2.24, 2.45) is 10.9 Å². The lowest BCUT2D eigenvalue weighted by Crippen LogP contribution is -2.10. The van der Waals surface area contributed by atoms with Gasteiger partial charge in [0.15, 0.2) is 5.82 Å². The Morgan fingerprint density at radius 3 is 2.69 bits per heavy atom. The summed E-state index contributed by atoms with van der Waals surface area (Å²) >= 11 is 1.11. The fourth-order valence-corrected chi connectivity index (χ4v) is 1.63. The molecule has 1 aromatic heterocycles. The van der Waals surface area contributed by atoms with Crippen molar-refractivity contribution in [3.8, 4) is 5.88 Å². The molecule has 1 heterocycles. The molecule has 0 aliphatic heterocycles. The molecule has 0 spiro atoms. The van der Waals surface area contributed by atoms with E-state index < -0.39 is 11.8 Å². The largest absolute Gasteiger partial charge is 0.494 e. The van der Waals surface area contributed by atoms with Gasteiger partial charge in [-0.05, 0) is 11.4 Å². The predicted octanol–water partition coefficient (Wildman–Crippen LogP) is 0.939. The maximum atomic E-state index is 10.8. The lowest BCUT2D eigenvalue weighted by Gasteiger charge is -1.94. The van der Waals surface area contributed by atoms with E-state index in [9.17, 15) is 14.8 Å². The zero-order valence-corrected chi connectivity index (χ0v) is 7.51. The van der Waals surface area contributed by atoms with Crippen molar-refractivity contribution in [2.75, 3.05) is 6.26 Å². The van der Waals surface area contributed by atoms with Gasteiger partial charge in [-0.15, -0.1) is 16.7 Å². The number of hydrogen-bond acceptors (Lipinski definition) is 5. The summed E-state index contributed by atoms with van der Waals surface area (Å²) in [5.41, 5.74) is 4.89. The molecule has 0 fully saturated rings. The van der Waals surface area contributed by atoms with E-state index >= 15 is 0 Å². The van der Waals surface area contributed by atoms with E-state index in [1.165, 1.54) is 0 Å². The molecule has 1 rings (SSSR count). The number of nitrogens with one attached hydrogen (secondary N) is 1. The van der Waals surface area contributed by atoms with Crippen LogP contribution in [-0.2, 0) is 0 Å². The fraction of sp³-hybridized carbons (Fsp3) is 0.167. The van der Waals surface area contributed by atoms with Crippen LogP contribution in [0.2, 0.25) is 0 Å². The topological polar surface area (TPSA) is 109 Å². The molecule has 0 saturated carbocycles. The van der Waals surface area contributed by atoms with Gasteiger partial charge in [-0.1, -0.05) is 0 Å². The maximum absolute atomic E-state index is 10.8. The van der Waals surface area contributed by atoms with Crippen LogP contribution in [0.1, 0.15) is 10.4 Å². The first-order valence-electron chi connectivity index (χ1n) is 3.23. The molecule has 1 amide bonds. The summed E-state index contributed by atoms with van der Waals surface area (Å²) in [7, 11) is 0. The van der Waals surface area contributed by atoms with Crippen LogP contribution in [0.3, 0.4) is 0 Å². The minimum Gasteiger partial charge on any atom is -0.494 e. The van der Waals surface area contributed by atoms with Crippen LogP contribution >= 0.6 is 11.8 Å². The molecule has 6 nitrogen and oxygen atoms in total. The normalized spacial score (nSPS) is 9.92. The smallest absolute Gasteiger partial charge is 0.255 e. The number of rotatable bonds is 3. The van der Waals surface area contributed by atoms with Crippen molar-refractivity contribution in [1.29, 1.82) is 0 Å². The second-order valence-electron chi connectivity index (χ2n) is 2.19. The second kappa shape index (κ2) is 3.48. The molecule has 0 atom stereocenters. The Morgan fingerprint density at radius 1 is 1.69 bits per heavy atom. The number of nitrogens with two attached hydrogens (primary N) is 1. The average molecular weight is 201 g/mol. The quantitative estimate of drug-likeness (QED) is 0.499. The van der Waals surface area contributed by atoms with Crippen LogP contribution in [0.25, 0.3) is 0 Å². The third-order valence-electron chi connectivity index (χ3n) is 1.46. The van der Waals surface area contributed by atoms with E-state index in [4.69, 9.17) is 5.73 Å².